The second-order valence-electron chi connectivity index (χ2n) is 14.0. The number of benzene rings is 9. The molecule has 0 unspecified atom stereocenters. The molecular weight excluding hydrogens is 687 g/mol. The highest BCUT2D eigenvalue weighted by Crippen LogP contribution is 2.41. The molecule has 4 heteroatoms. The molecule has 0 spiro atoms. The Morgan fingerprint density at radius 1 is 0.291 bits per heavy atom. The molecule has 0 bridgehead atoms. The van der Waals surface area contributed by atoms with Crippen molar-refractivity contribution < 1.29 is 0 Å². The summed E-state index contributed by atoms with van der Waals surface area (Å²) in [5.74, 6) is 1.94. The van der Waals surface area contributed by atoms with Crippen molar-refractivity contribution in [1.82, 2.24) is 15.0 Å². The van der Waals surface area contributed by atoms with Gasteiger partial charge in [-0.15, -0.1) is 11.3 Å². The van der Waals surface area contributed by atoms with Crippen molar-refractivity contribution in [2.45, 2.75) is 0 Å². The minimum Gasteiger partial charge on any atom is -0.208 e. The zero-order valence-electron chi connectivity index (χ0n) is 29.6. The molecule has 55 heavy (non-hydrogen) atoms. The van der Waals surface area contributed by atoms with Gasteiger partial charge < -0.3 is 0 Å². The summed E-state index contributed by atoms with van der Waals surface area (Å²) in [4.78, 5) is 15.8. The Hall–Kier alpha value is -7.01. The Morgan fingerprint density at radius 2 is 0.800 bits per heavy atom. The first-order valence-electron chi connectivity index (χ1n) is 18.5. The van der Waals surface area contributed by atoms with Crippen molar-refractivity contribution in [2.75, 3.05) is 0 Å². The Kier molecular flexibility index (Phi) is 7.35. The van der Waals surface area contributed by atoms with Gasteiger partial charge in [-0.05, 0) is 84.9 Å². The maximum absolute atomic E-state index is 5.27. The Morgan fingerprint density at radius 3 is 1.58 bits per heavy atom. The van der Waals surface area contributed by atoms with Crippen molar-refractivity contribution in [1.29, 1.82) is 0 Å². The van der Waals surface area contributed by atoms with E-state index in [0.717, 1.165) is 27.8 Å². The zero-order valence-corrected chi connectivity index (χ0v) is 30.5. The third-order valence-corrected chi connectivity index (χ3v) is 11.9. The van der Waals surface area contributed by atoms with Crippen LogP contribution in [0.3, 0.4) is 0 Å². The molecule has 11 aromatic rings. The average molecular weight is 718 g/mol. The molecular formula is C51H31N3S. The van der Waals surface area contributed by atoms with Crippen molar-refractivity contribution in [2.24, 2.45) is 0 Å². The molecule has 9 aromatic carbocycles. The van der Waals surface area contributed by atoms with Crippen molar-refractivity contribution in [3.05, 3.63) is 188 Å². The first kappa shape index (κ1) is 31.5. The lowest BCUT2D eigenvalue weighted by Crippen LogP contribution is -2.00. The van der Waals surface area contributed by atoms with Crippen LogP contribution in [0.5, 0.6) is 0 Å². The summed E-state index contributed by atoms with van der Waals surface area (Å²) in [6.07, 6.45) is 0. The Bertz CT molecular complexity index is 3280. The normalized spacial score (nSPS) is 11.6. The first-order chi connectivity index (χ1) is 27.2. The third-order valence-electron chi connectivity index (χ3n) is 10.7. The van der Waals surface area contributed by atoms with Crippen LogP contribution >= 0.6 is 11.3 Å². The van der Waals surface area contributed by atoms with Crippen LogP contribution in [0.1, 0.15) is 0 Å². The Balaban J connectivity index is 1.12. The SMILES string of the molecule is c1cc(-c2nc(-c3cccc(-c4cc5ccccc5c5ccccc45)c3)nc(-c3cccc4c3sc3ccccc34)n2)cc(-c2cccc3ccccc23)c1. The largest absolute Gasteiger partial charge is 0.208 e. The maximum Gasteiger partial charge on any atom is 0.165 e. The smallest absolute Gasteiger partial charge is 0.165 e. The van der Waals surface area contributed by atoms with Crippen molar-refractivity contribution >= 4 is 63.8 Å². The molecule has 3 nitrogen and oxygen atoms in total. The van der Waals surface area contributed by atoms with Crippen LogP contribution in [0.4, 0.5) is 0 Å². The second kappa shape index (κ2) is 12.8. The van der Waals surface area contributed by atoms with E-state index in [4.69, 9.17) is 15.0 Å². The molecule has 11 rings (SSSR count). The van der Waals surface area contributed by atoms with Gasteiger partial charge in [-0.25, -0.2) is 15.0 Å². The summed E-state index contributed by atoms with van der Waals surface area (Å²) in [6, 6.07) is 66.9. The van der Waals surface area contributed by atoms with E-state index in [1.54, 1.807) is 11.3 Å². The van der Waals surface area contributed by atoms with E-state index < -0.39 is 0 Å². The van der Waals surface area contributed by atoms with E-state index >= 15 is 0 Å². The zero-order chi connectivity index (χ0) is 36.3. The van der Waals surface area contributed by atoms with Gasteiger partial charge in [0, 0.05) is 36.9 Å². The fourth-order valence-electron chi connectivity index (χ4n) is 8.10. The van der Waals surface area contributed by atoms with E-state index in [-0.39, 0.29) is 0 Å². The summed E-state index contributed by atoms with van der Waals surface area (Å²) >= 11 is 1.79. The van der Waals surface area contributed by atoms with Gasteiger partial charge in [-0.3, -0.25) is 0 Å². The highest BCUT2D eigenvalue weighted by Gasteiger charge is 2.18. The van der Waals surface area contributed by atoms with Gasteiger partial charge in [0.25, 0.3) is 0 Å². The molecule has 2 heterocycles. The van der Waals surface area contributed by atoms with E-state index in [0.29, 0.717) is 17.5 Å². The predicted octanol–water partition coefficient (Wildman–Crippen LogP) is 14.0. The molecule has 0 fully saturated rings. The highest BCUT2D eigenvalue weighted by atomic mass is 32.1. The molecule has 0 amide bonds. The lowest BCUT2D eigenvalue weighted by Gasteiger charge is -2.13. The highest BCUT2D eigenvalue weighted by molar-refractivity contribution is 7.26. The number of hydrogen-bond acceptors (Lipinski definition) is 4. The van der Waals surface area contributed by atoms with Crippen LogP contribution < -0.4 is 0 Å². The van der Waals surface area contributed by atoms with Crippen LogP contribution in [-0.4, -0.2) is 15.0 Å². The third kappa shape index (κ3) is 5.38. The molecule has 0 N–H and O–H groups in total. The number of hydrogen-bond donors (Lipinski definition) is 0. The molecule has 0 atom stereocenters. The van der Waals surface area contributed by atoms with Gasteiger partial charge in [-0.2, -0.15) is 0 Å². The van der Waals surface area contributed by atoms with Gasteiger partial charge in [-0.1, -0.05) is 158 Å². The van der Waals surface area contributed by atoms with Crippen LogP contribution in [0.25, 0.3) is 109 Å². The van der Waals surface area contributed by atoms with E-state index in [1.807, 2.05) is 0 Å². The summed E-state index contributed by atoms with van der Waals surface area (Å²) < 4.78 is 2.42. The molecule has 0 radical (unpaired) electrons. The summed E-state index contributed by atoms with van der Waals surface area (Å²) in [7, 11) is 0. The van der Waals surface area contributed by atoms with E-state index in [2.05, 4.69) is 188 Å². The quantitative estimate of drug-likeness (QED) is 0.166. The molecule has 2 aromatic heterocycles. The molecule has 0 saturated heterocycles. The fourth-order valence-corrected chi connectivity index (χ4v) is 9.31. The monoisotopic (exact) mass is 717 g/mol. The van der Waals surface area contributed by atoms with Gasteiger partial charge in [0.15, 0.2) is 17.5 Å². The van der Waals surface area contributed by atoms with Crippen LogP contribution in [0, 0.1) is 0 Å². The van der Waals surface area contributed by atoms with Crippen LogP contribution in [-0.2, 0) is 0 Å². The average Bonchev–Trinajstić information content (AvgIpc) is 3.65. The van der Waals surface area contributed by atoms with Gasteiger partial charge >= 0.3 is 0 Å². The molecule has 256 valence electrons. The first-order valence-corrected chi connectivity index (χ1v) is 19.3. The molecule has 0 saturated carbocycles. The molecule has 0 aliphatic heterocycles. The number of thiophene rings is 1. The maximum atomic E-state index is 5.27. The minimum absolute atomic E-state index is 0.639. The predicted molar refractivity (Wildman–Crippen MR) is 232 cm³/mol. The number of fused-ring (bicyclic) bond motifs is 7. The lowest BCUT2D eigenvalue weighted by atomic mass is 9.92. The van der Waals surface area contributed by atoms with Gasteiger partial charge in [0.1, 0.15) is 0 Å². The second-order valence-corrected chi connectivity index (χ2v) is 15.0. The van der Waals surface area contributed by atoms with Gasteiger partial charge in [0.2, 0.25) is 0 Å². The Labute approximate surface area is 321 Å². The standard InChI is InChI=1S/C51H31N3S/c1-3-20-38-32(13-1)15-11-25-39(38)33-16-9-18-36(29-33)49-52-50(54-51(53-49)45-27-12-26-44-43-24-7-8-28-47(43)55-48(44)45)37-19-10-17-34(30-37)46-31-35-14-2-4-21-40(35)41-22-5-6-23-42(41)46/h1-31H. The van der Waals surface area contributed by atoms with Crippen LogP contribution in [0.15, 0.2) is 188 Å². The molecule has 0 aliphatic rings. The minimum atomic E-state index is 0.639. The number of rotatable bonds is 5. The van der Waals surface area contributed by atoms with Crippen molar-refractivity contribution in [3.63, 3.8) is 0 Å². The summed E-state index contributed by atoms with van der Waals surface area (Å²) in [5.41, 5.74) is 7.49. The topological polar surface area (TPSA) is 38.7 Å². The number of nitrogens with zero attached hydrogens (tertiary/aromatic N) is 3. The van der Waals surface area contributed by atoms with E-state index in [1.165, 1.54) is 63.6 Å². The fraction of sp³-hybridized carbons (Fsp3) is 0. The van der Waals surface area contributed by atoms with Crippen LogP contribution in [0.2, 0.25) is 0 Å². The summed E-state index contributed by atoms with van der Waals surface area (Å²) in [6.45, 7) is 0. The molecule has 0 aliphatic carbocycles. The number of aromatic nitrogens is 3. The summed E-state index contributed by atoms with van der Waals surface area (Å²) in [5, 5.41) is 9.83. The lowest BCUT2D eigenvalue weighted by molar-refractivity contribution is 1.08. The van der Waals surface area contributed by atoms with Crippen molar-refractivity contribution in [3.8, 4) is 56.4 Å². The van der Waals surface area contributed by atoms with E-state index in [9.17, 15) is 0 Å². The van der Waals surface area contributed by atoms with Gasteiger partial charge in [0.05, 0.1) is 0 Å².